The number of amides is 4. The largest absolute Gasteiger partial charge is 0.457 e. The van der Waals surface area contributed by atoms with Crippen molar-refractivity contribution in [3.05, 3.63) is 117 Å². The van der Waals surface area contributed by atoms with Crippen LogP contribution in [0.2, 0.25) is 0 Å². The minimum absolute atomic E-state index is 0.0353. The number of ether oxygens (including phenoxy) is 1. The van der Waals surface area contributed by atoms with Crippen LogP contribution in [0, 0.1) is 31.6 Å². The third kappa shape index (κ3) is 6.22. The van der Waals surface area contributed by atoms with E-state index < -0.39 is 64.1 Å². The molecule has 0 atom stereocenters. The fraction of sp³-hybridized carbons (Fsp3) is 0.0857. The summed E-state index contributed by atoms with van der Waals surface area (Å²) in [5, 5.41) is 0. The van der Waals surface area contributed by atoms with E-state index in [1.165, 1.54) is 43.3 Å². The Hall–Kier alpha value is -6.34. The van der Waals surface area contributed by atoms with Crippen molar-refractivity contribution in [2.24, 2.45) is 0 Å². The van der Waals surface area contributed by atoms with Gasteiger partial charge in [-0.05, 0) is 73.2 Å². The van der Waals surface area contributed by atoms with E-state index >= 15 is 0 Å². The lowest BCUT2D eigenvalue weighted by atomic mass is 10.0. The summed E-state index contributed by atoms with van der Waals surface area (Å²) in [6, 6.07) is 11.5. The Morgan fingerprint density at radius 1 is 0.771 bits per heavy atom. The van der Waals surface area contributed by atoms with Gasteiger partial charge in [-0.1, -0.05) is 11.8 Å². The summed E-state index contributed by atoms with van der Waals surface area (Å²) in [4.78, 5) is 52.4. The molecule has 0 spiro atoms. The second-order valence-corrected chi connectivity index (χ2v) is 10.3. The molecular weight excluding hydrogens is 642 g/mol. The zero-order chi connectivity index (χ0) is 35.1. The monoisotopic (exact) mass is 660 g/mol. The number of nitrogens with zero attached hydrogens (tertiary/aromatic N) is 2. The van der Waals surface area contributed by atoms with E-state index in [4.69, 9.17) is 17.6 Å². The van der Waals surface area contributed by atoms with Gasteiger partial charge in [0, 0.05) is 28.8 Å². The van der Waals surface area contributed by atoms with E-state index in [0.717, 1.165) is 12.1 Å². The van der Waals surface area contributed by atoms with Crippen LogP contribution in [-0.2, 0) is 17.1 Å². The third-order valence-corrected chi connectivity index (χ3v) is 7.21. The molecule has 240 valence electrons. The molecule has 0 aliphatic carbocycles. The molecule has 0 fully saturated rings. The predicted molar refractivity (Wildman–Crippen MR) is 160 cm³/mol. The minimum Gasteiger partial charge on any atom is -0.457 e. The quantitative estimate of drug-likeness (QED) is 0.0933. The second-order valence-electron chi connectivity index (χ2n) is 10.3. The van der Waals surface area contributed by atoms with Gasteiger partial charge in [-0.15, -0.1) is 12.8 Å². The zero-order valence-corrected chi connectivity index (χ0v) is 24.4. The van der Waals surface area contributed by atoms with Crippen molar-refractivity contribution < 1.29 is 50.3 Å². The summed E-state index contributed by atoms with van der Waals surface area (Å²) in [6.07, 6.45) is 0.547. The predicted octanol–water partition coefficient (Wildman–Crippen LogP) is 7.39. The van der Waals surface area contributed by atoms with Crippen molar-refractivity contribution in [3.8, 4) is 36.2 Å². The molecule has 7 nitrogen and oxygen atoms in total. The molecule has 0 saturated carbocycles. The maximum Gasteiger partial charge on any atom is 0.416 e. The second kappa shape index (κ2) is 12.1. The number of hydrogen-bond donors (Lipinski definition) is 0. The maximum atomic E-state index is 14.0. The van der Waals surface area contributed by atoms with Gasteiger partial charge < -0.3 is 4.74 Å². The fourth-order valence-corrected chi connectivity index (χ4v) is 4.93. The molecule has 13 heteroatoms. The molecule has 4 aromatic carbocycles. The molecule has 0 aromatic heterocycles. The number of rotatable bonds is 6. The van der Waals surface area contributed by atoms with E-state index in [-0.39, 0.29) is 28.7 Å². The van der Waals surface area contributed by atoms with Crippen LogP contribution in [0.15, 0.2) is 72.8 Å². The van der Waals surface area contributed by atoms with Gasteiger partial charge in [-0.3, -0.25) is 19.2 Å². The highest BCUT2D eigenvalue weighted by Gasteiger charge is 2.39. The highest BCUT2D eigenvalue weighted by Crippen LogP contribution is 2.41. The number of halogens is 6. The number of alkyl halides is 6. The smallest absolute Gasteiger partial charge is 0.416 e. The molecule has 1 aliphatic rings. The Bertz CT molecular complexity index is 2120. The first-order valence-electron chi connectivity index (χ1n) is 13.5. The van der Waals surface area contributed by atoms with Gasteiger partial charge in [-0.25, -0.2) is 9.80 Å². The number of carbonyl (C=O) groups is 4. The van der Waals surface area contributed by atoms with Gasteiger partial charge in [0.25, 0.3) is 17.7 Å². The molecule has 48 heavy (non-hydrogen) atoms. The molecule has 0 saturated heterocycles. The number of carbonyl (C=O) groups excluding carboxylic acids is 4. The Morgan fingerprint density at radius 3 is 1.92 bits per heavy atom. The Morgan fingerprint density at radius 2 is 1.33 bits per heavy atom. The normalized spacial score (nSPS) is 12.6. The Kier molecular flexibility index (Phi) is 8.34. The van der Waals surface area contributed by atoms with Crippen LogP contribution in [0.25, 0.3) is 0 Å². The first-order valence-corrected chi connectivity index (χ1v) is 13.5. The van der Waals surface area contributed by atoms with E-state index in [9.17, 15) is 45.5 Å². The molecule has 4 amide bonds. The number of terminal acetylenes is 2. The van der Waals surface area contributed by atoms with Gasteiger partial charge in [-0.2, -0.15) is 26.3 Å². The lowest BCUT2D eigenvalue weighted by Crippen LogP contribution is -2.30. The maximum absolute atomic E-state index is 14.0. The Labute approximate surface area is 268 Å². The lowest BCUT2D eigenvalue weighted by molar-refractivity contribution is -0.138. The highest BCUT2D eigenvalue weighted by molar-refractivity contribution is 6.34. The van der Waals surface area contributed by atoms with Crippen LogP contribution < -0.4 is 14.5 Å². The fourth-order valence-electron chi connectivity index (χ4n) is 4.93. The lowest BCUT2D eigenvalue weighted by Gasteiger charge is -2.21. The highest BCUT2D eigenvalue weighted by atomic mass is 19.4. The van der Waals surface area contributed by atoms with E-state index in [1.807, 2.05) is 0 Å². The molecule has 4 aromatic rings. The van der Waals surface area contributed by atoms with Crippen molar-refractivity contribution >= 4 is 35.5 Å². The molecule has 0 N–H and O–H groups in total. The van der Waals surface area contributed by atoms with Gasteiger partial charge in [0.05, 0.1) is 33.6 Å². The number of fused-ring (bicyclic) bond motifs is 1. The van der Waals surface area contributed by atoms with Gasteiger partial charge in [0.15, 0.2) is 0 Å². The third-order valence-electron chi connectivity index (χ3n) is 7.21. The minimum atomic E-state index is -5.06. The first kappa shape index (κ1) is 33.0. The summed E-state index contributed by atoms with van der Waals surface area (Å²) in [6.45, 7) is 1.49. The van der Waals surface area contributed by atoms with Crippen molar-refractivity contribution in [1.29, 1.82) is 0 Å². The number of hydrogen-bond acceptors (Lipinski definition) is 5. The molecule has 1 heterocycles. The SMILES string of the molecule is C#Cc1ccc(C(=O)N(C=O)c2cc(Oc3cc(N4C(=O)c5ccc(C#C)cc5C4=O)cc(C(F)(F)F)c3)cc(C(F)(F)F)c2)c(C)c1. The molecule has 0 bridgehead atoms. The van der Waals surface area contributed by atoms with Crippen LogP contribution in [0.4, 0.5) is 37.7 Å². The summed E-state index contributed by atoms with van der Waals surface area (Å²) < 4.78 is 89.3. The summed E-state index contributed by atoms with van der Waals surface area (Å²) in [5.41, 5.74) is -3.48. The topological polar surface area (TPSA) is 84.0 Å². The Balaban J connectivity index is 1.59. The van der Waals surface area contributed by atoms with Crippen molar-refractivity contribution in [2.45, 2.75) is 19.3 Å². The van der Waals surface area contributed by atoms with Crippen molar-refractivity contribution in [1.82, 2.24) is 0 Å². The standard InChI is InChI=1S/C35H18F6N2O5/c1-4-20-6-8-28(19(3)10-20)31(45)42(18-44)24-12-22(34(36,37)38)14-26(16-24)48-27-15-23(35(39,40)41)13-25(17-27)43-32(46)29-9-7-21(5-2)11-30(29)33(43)47/h1-2,6-18H,3H3. The van der Waals surface area contributed by atoms with Gasteiger partial charge >= 0.3 is 12.4 Å². The zero-order valence-electron chi connectivity index (χ0n) is 24.4. The van der Waals surface area contributed by atoms with Gasteiger partial charge in [0.1, 0.15) is 11.5 Å². The number of anilines is 2. The van der Waals surface area contributed by atoms with Crippen molar-refractivity contribution in [2.75, 3.05) is 9.80 Å². The van der Waals surface area contributed by atoms with Crippen LogP contribution >= 0.6 is 0 Å². The van der Waals surface area contributed by atoms with E-state index in [2.05, 4.69) is 11.8 Å². The molecule has 0 unspecified atom stereocenters. The summed E-state index contributed by atoms with van der Waals surface area (Å²) in [5.74, 6) is 0.181. The number of aryl methyl sites for hydroxylation is 1. The number of imide groups is 2. The molecule has 5 rings (SSSR count). The van der Waals surface area contributed by atoms with Crippen LogP contribution in [0.1, 0.15) is 58.9 Å². The summed E-state index contributed by atoms with van der Waals surface area (Å²) >= 11 is 0. The summed E-state index contributed by atoms with van der Waals surface area (Å²) in [7, 11) is 0. The van der Waals surface area contributed by atoms with E-state index in [1.54, 1.807) is 0 Å². The molecular formula is C35H18F6N2O5. The average Bonchev–Trinajstić information content (AvgIpc) is 3.28. The van der Waals surface area contributed by atoms with Gasteiger partial charge in [0.2, 0.25) is 6.41 Å². The molecule has 0 radical (unpaired) electrons. The van der Waals surface area contributed by atoms with Crippen LogP contribution in [0.5, 0.6) is 11.5 Å². The van der Waals surface area contributed by atoms with E-state index in [0.29, 0.717) is 45.2 Å². The number of benzene rings is 4. The molecule has 1 aliphatic heterocycles. The van der Waals surface area contributed by atoms with Crippen LogP contribution in [-0.4, -0.2) is 24.1 Å². The average molecular weight is 661 g/mol. The van der Waals surface area contributed by atoms with Crippen molar-refractivity contribution in [3.63, 3.8) is 0 Å². The van der Waals surface area contributed by atoms with Crippen LogP contribution in [0.3, 0.4) is 0 Å². The first-order chi connectivity index (χ1) is 22.5.